The molecule has 5 heteroatoms. The summed E-state index contributed by atoms with van der Waals surface area (Å²) in [4.78, 5) is 24.3. The second-order valence-electron chi connectivity index (χ2n) is 4.86. The van der Waals surface area contributed by atoms with Crippen molar-refractivity contribution in [3.8, 4) is 0 Å². The van der Waals surface area contributed by atoms with Crippen molar-refractivity contribution in [3.63, 3.8) is 0 Å². The highest BCUT2D eigenvalue weighted by Gasteiger charge is 2.28. The van der Waals surface area contributed by atoms with Crippen LogP contribution in [0.15, 0.2) is 48.5 Å². The minimum Gasteiger partial charge on any atom is -0.340 e. The van der Waals surface area contributed by atoms with E-state index in [1.54, 1.807) is 30.3 Å². The fraction of sp³-hybridized carbons (Fsp3) is 0.125. The maximum absolute atomic E-state index is 12.3. The fourth-order valence-corrected chi connectivity index (χ4v) is 2.55. The van der Waals surface area contributed by atoms with Crippen LogP contribution in [-0.4, -0.2) is 17.9 Å². The number of carbonyl (C=O) groups excluding carboxylic acids is 2. The van der Waals surface area contributed by atoms with E-state index in [9.17, 15) is 9.59 Å². The summed E-state index contributed by atoms with van der Waals surface area (Å²) in [6, 6.07) is 13.7. The molecule has 21 heavy (non-hydrogen) atoms. The molecular weight excluding hydrogens is 288 g/mol. The molecule has 2 aromatic rings. The standard InChI is InChI=1S/C16H13ClN2O2/c17-12-7-3-4-8-13(12)18-16(21)14-9-10-5-1-2-6-11(10)15(20)19-14/h1-8,14H,9H2,(H,18,21)(H,19,20). The Morgan fingerprint density at radius 1 is 1.14 bits per heavy atom. The minimum atomic E-state index is -0.594. The second-order valence-corrected chi connectivity index (χ2v) is 5.26. The number of fused-ring (bicyclic) bond motifs is 1. The molecule has 0 fully saturated rings. The Bertz CT molecular complexity index is 715. The summed E-state index contributed by atoms with van der Waals surface area (Å²) in [5.74, 6) is -0.498. The summed E-state index contributed by atoms with van der Waals surface area (Å²) < 4.78 is 0. The van der Waals surface area contributed by atoms with Crippen molar-refractivity contribution in [2.75, 3.05) is 5.32 Å². The molecule has 1 aliphatic rings. The van der Waals surface area contributed by atoms with E-state index in [1.165, 1.54) is 0 Å². The van der Waals surface area contributed by atoms with Crippen LogP contribution in [0.5, 0.6) is 0 Å². The van der Waals surface area contributed by atoms with E-state index in [4.69, 9.17) is 11.6 Å². The summed E-state index contributed by atoms with van der Waals surface area (Å²) in [7, 11) is 0. The van der Waals surface area contributed by atoms with Gasteiger partial charge in [-0.05, 0) is 23.8 Å². The second kappa shape index (κ2) is 5.58. The number of carbonyl (C=O) groups is 2. The van der Waals surface area contributed by atoms with Gasteiger partial charge < -0.3 is 10.6 Å². The molecule has 1 atom stereocenters. The number of hydrogen-bond donors (Lipinski definition) is 2. The lowest BCUT2D eigenvalue weighted by molar-refractivity contribution is -0.118. The van der Waals surface area contributed by atoms with Gasteiger partial charge in [-0.1, -0.05) is 41.9 Å². The number of halogens is 1. The van der Waals surface area contributed by atoms with Crippen molar-refractivity contribution in [3.05, 3.63) is 64.7 Å². The van der Waals surface area contributed by atoms with Crippen LogP contribution in [0.4, 0.5) is 5.69 Å². The molecule has 2 aromatic carbocycles. The van der Waals surface area contributed by atoms with E-state index in [2.05, 4.69) is 10.6 Å². The molecule has 4 nitrogen and oxygen atoms in total. The topological polar surface area (TPSA) is 58.2 Å². The molecule has 2 amide bonds. The Balaban J connectivity index is 1.78. The van der Waals surface area contributed by atoms with E-state index < -0.39 is 6.04 Å². The first-order valence-corrected chi connectivity index (χ1v) is 6.97. The first-order chi connectivity index (χ1) is 10.1. The van der Waals surface area contributed by atoms with Crippen LogP contribution in [0.2, 0.25) is 5.02 Å². The molecule has 0 bridgehead atoms. The third kappa shape index (κ3) is 2.76. The normalized spacial score (nSPS) is 16.8. The molecule has 0 saturated carbocycles. The lowest BCUT2D eigenvalue weighted by Crippen LogP contribution is -2.48. The first-order valence-electron chi connectivity index (χ1n) is 6.59. The monoisotopic (exact) mass is 300 g/mol. The van der Waals surface area contributed by atoms with Gasteiger partial charge in [0.05, 0.1) is 10.7 Å². The molecule has 0 saturated heterocycles. The van der Waals surface area contributed by atoms with E-state index in [0.29, 0.717) is 22.7 Å². The Kier molecular flexibility index (Phi) is 3.62. The van der Waals surface area contributed by atoms with Gasteiger partial charge in [0.15, 0.2) is 0 Å². The van der Waals surface area contributed by atoms with Crippen LogP contribution in [0.1, 0.15) is 15.9 Å². The maximum atomic E-state index is 12.3. The lowest BCUT2D eigenvalue weighted by Gasteiger charge is -2.24. The smallest absolute Gasteiger partial charge is 0.252 e. The minimum absolute atomic E-state index is 0.226. The maximum Gasteiger partial charge on any atom is 0.252 e. The van der Waals surface area contributed by atoms with Gasteiger partial charge in [-0.3, -0.25) is 9.59 Å². The quantitative estimate of drug-likeness (QED) is 0.896. The van der Waals surface area contributed by atoms with E-state index >= 15 is 0 Å². The first kappa shape index (κ1) is 13.6. The van der Waals surface area contributed by atoms with Gasteiger partial charge in [-0.15, -0.1) is 0 Å². The van der Waals surface area contributed by atoms with Crippen LogP contribution in [0.3, 0.4) is 0 Å². The van der Waals surface area contributed by atoms with Crippen molar-refractivity contribution in [1.29, 1.82) is 0 Å². The molecule has 0 radical (unpaired) electrons. The van der Waals surface area contributed by atoms with Crippen LogP contribution in [-0.2, 0) is 11.2 Å². The molecular formula is C16H13ClN2O2. The molecule has 3 rings (SSSR count). The molecule has 0 spiro atoms. The molecule has 1 heterocycles. The zero-order valence-corrected chi connectivity index (χ0v) is 11.9. The van der Waals surface area contributed by atoms with Gasteiger partial charge in [0.25, 0.3) is 5.91 Å². The van der Waals surface area contributed by atoms with Gasteiger partial charge in [0.1, 0.15) is 6.04 Å². The highest BCUT2D eigenvalue weighted by molar-refractivity contribution is 6.33. The van der Waals surface area contributed by atoms with E-state index in [-0.39, 0.29) is 11.8 Å². The number of amides is 2. The van der Waals surface area contributed by atoms with Crippen LogP contribution < -0.4 is 10.6 Å². The van der Waals surface area contributed by atoms with E-state index in [0.717, 1.165) is 5.56 Å². The average molecular weight is 301 g/mol. The SMILES string of the molecule is O=C1NC(C(=O)Nc2ccccc2Cl)Cc2ccccc21. The van der Waals surface area contributed by atoms with Gasteiger partial charge in [-0.2, -0.15) is 0 Å². The molecule has 0 aliphatic carbocycles. The number of hydrogen-bond acceptors (Lipinski definition) is 2. The van der Waals surface area contributed by atoms with Crippen LogP contribution in [0, 0.1) is 0 Å². The van der Waals surface area contributed by atoms with Crippen molar-refractivity contribution in [1.82, 2.24) is 5.32 Å². The fourth-order valence-electron chi connectivity index (χ4n) is 2.37. The predicted molar refractivity (Wildman–Crippen MR) is 81.5 cm³/mol. The van der Waals surface area contributed by atoms with Crippen molar-refractivity contribution in [2.45, 2.75) is 12.5 Å². The van der Waals surface area contributed by atoms with E-state index in [1.807, 2.05) is 18.2 Å². The number of anilines is 1. The Morgan fingerprint density at radius 2 is 1.86 bits per heavy atom. The van der Waals surface area contributed by atoms with Gasteiger partial charge in [0, 0.05) is 12.0 Å². The summed E-state index contributed by atoms with van der Waals surface area (Å²) in [5.41, 5.74) is 2.04. The van der Waals surface area contributed by atoms with Crippen LogP contribution >= 0.6 is 11.6 Å². The van der Waals surface area contributed by atoms with Crippen molar-refractivity contribution >= 4 is 29.1 Å². The summed E-state index contributed by atoms with van der Waals surface area (Å²) in [6.45, 7) is 0. The third-order valence-corrected chi connectivity index (χ3v) is 3.77. The summed E-state index contributed by atoms with van der Waals surface area (Å²) in [6.07, 6.45) is 0.470. The lowest BCUT2D eigenvalue weighted by atomic mass is 9.95. The number of nitrogens with one attached hydrogen (secondary N) is 2. The Labute approximate surface area is 127 Å². The van der Waals surface area contributed by atoms with Crippen molar-refractivity contribution < 1.29 is 9.59 Å². The third-order valence-electron chi connectivity index (χ3n) is 3.44. The number of rotatable bonds is 2. The van der Waals surface area contributed by atoms with Crippen molar-refractivity contribution in [2.24, 2.45) is 0 Å². The Hall–Kier alpha value is -2.33. The van der Waals surface area contributed by atoms with Gasteiger partial charge >= 0.3 is 0 Å². The van der Waals surface area contributed by atoms with Gasteiger partial charge in [-0.25, -0.2) is 0 Å². The average Bonchev–Trinajstić information content (AvgIpc) is 2.49. The summed E-state index contributed by atoms with van der Waals surface area (Å²) >= 11 is 6.01. The molecule has 2 N–H and O–H groups in total. The molecule has 0 aromatic heterocycles. The number of para-hydroxylation sites is 1. The zero-order valence-electron chi connectivity index (χ0n) is 11.1. The van der Waals surface area contributed by atoms with Crippen LogP contribution in [0.25, 0.3) is 0 Å². The zero-order chi connectivity index (χ0) is 14.8. The Morgan fingerprint density at radius 3 is 2.67 bits per heavy atom. The molecule has 106 valence electrons. The number of benzene rings is 2. The summed E-state index contributed by atoms with van der Waals surface area (Å²) in [5, 5.41) is 5.93. The highest BCUT2D eigenvalue weighted by atomic mass is 35.5. The highest BCUT2D eigenvalue weighted by Crippen LogP contribution is 2.22. The predicted octanol–water partition coefficient (Wildman–Crippen LogP) is 2.63. The molecule has 1 aliphatic heterocycles. The largest absolute Gasteiger partial charge is 0.340 e. The van der Waals surface area contributed by atoms with Gasteiger partial charge in [0.2, 0.25) is 5.91 Å². The molecule has 1 unspecified atom stereocenters.